The molecule has 24 heavy (non-hydrogen) atoms. The molecule has 0 atom stereocenters. The van der Waals surface area contributed by atoms with Gasteiger partial charge in [-0.15, -0.1) is 0 Å². The molecule has 0 saturated heterocycles. The third kappa shape index (κ3) is 3.77. The lowest BCUT2D eigenvalue weighted by atomic mass is 10.4. The smallest absolute Gasteiger partial charge is 0.221 e. The highest BCUT2D eigenvalue weighted by atomic mass is 32.2. The Labute approximate surface area is 138 Å². The second-order valence-corrected chi connectivity index (χ2v) is 7.20. The Morgan fingerprint density at radius 1 is 1.12 bits per heavy atom. The summed E-state index contributed by atoms with van der Waals surface area (Å²) in [5, 5.41) is 2.60. The zero-order valence-electron chi connectivity index (χ0n) is 12.7. The Balaban J connectivity index is 1.54. The summed E-state index contributed by atoms with van der Waals surface area (Å²) in [5.74, 6) is -0.314. The minimum atomic E-state index is -3.47. The molecule has 3 aromatic rings. The van der Waals surface area contributed by atoms with Crippen LogP contribution in [0.1, 0.15) is 12.3 Å². The minimum absolute atomic E-state index is 0.0839. The SMILES string of the molecule is O=C(CCS(=O)(=O)c1ccccc1)NCc1nc2ncccc2o1. The van der Waals surface area contributed by atoms with Gasteiger partial charge in [-0.25, -0.2) is 13.4 Å². The van der Waals surface area contributed by atoms with Crippen molar-refractivity contribution in [1.29, 1.82) is 0 Å². The summed E-state index contributed by atoms with van der Waals surface area (Å²) < 4.78 is 29.6. The molecule has 0 radical (unpaired) electrons. The average molecular weight is 345 g/mol. The van der Waals surface area contributed by atoms with Crippen molar-refractivity contribution in [3.8, 4) is 0 Å². The number of oxazole rings is 1. The van der Waals surface area contributed by atoms with Gasteiger partial charge >= 0.3 is 0 Å². The average Bonchev–Trinajstić information content (AvgIpc) is 3.02. The third-order valence-corrected chi connectivity index (χ3v) is 5.08. The normalized spacial score (nSPS) is 11.5. The van der Waals surface area contributed by atoms with Gasteiger partial charge in [-0.1, -0.05) is 18.2 Å². The molecule has 0 unspecified atom stereocenters. The fraction of sp³-hybridized carbons (Fsp3) is 0.188. The summed E-state index contributed by atoms with van der Waals surface area (Å²) in [6.07, 6.45) is 1.47. The highest BCUT2D eigenvalue weighted by molar-refractivity contribution is 7.91. The van der Waals surface area contributed by atoms with Gasteiger partial charge in [0.2, 0.25) is 11.8 Å². The predicted molar refractivity (Wildman–Crippen MR) is 86.8 cm³/mol. The van der Waals surface area contributed by atoms with E-state index >= 15 is 0 Å². The number of carbonyl (C=O) groups is 1. The summed E-state index contributed by atoms with van der Waals surface area (Å²) in [7, 11) is -3.47. The zero-order chi connectivity index (χ0) is 17.0. The number of hydrogen-bond acceptors (Lipinski definition) is 6. The van der Waals surface area contributed by atoms with Crippen molar-refractivity contribution in [3.05, 3.63) is 54.6 Å². The van der Waals surface area contributed by atoms with Crippen molar-refractivity contribution in [1.82, 2.24) is 15.3 Å². The Morgan fingerprint density at radius 3 is 2.67 bits per heavy atom. The van der Waals surface area contributed by atoms with Crippen LogP contribution in [-0.4, -0.2) is 30.0 Å². The van der Waals surface area contributed by atoms with E-state index in [-0.39, 0.29) is 29.5 Å². The molecule has 1 amide bonds. The van der Waals surface area contributed by atoms with Crippen LogP contribution in [0.3, 0.4) is 0 Å². The fourth-order valence-electron chi connectivity index (χ4n) is 2.12. The van der Waals surface area contributed by atoms with Crippen LogP contribution in [0.2, 0.25) is 0 Å². The number of fused-ring (bicyclic) bond motifs is 1. The first-order valence-corrected chi connectivity index (χ1v) is 8.95. The van der Waals surface area contributed by atoms with Crippen LogP contribution < -0.4 is 5.32 Å². The van der Waals surface area contributed by atoms with E-state index in [9.17, 15) is 13.2 Å². The molecule has 0 aliphatic carbocycles. The molecule has 0 spiro atoms. The van der Waals surface area contributed by atoms with Gasteiger partial charge < -0.3 is 9.73 Å². The topological polar surface area (TPSA) is 102 Å². The van der Waals surface area contributed by atoms with E-state index in [4.69, 9.17) is 4.42 Å². The van der Waals surface area contributed by atoms with Crippen LogP contribution >= 0.6 is 0 Å². The standard InChI is InChI=1S/C16H15N3O4S/c20-14(8-10-24(21,22)12-5-2-1-3-6-12)18-11-15-19-16-13(23-15)7-4-9-17-16/h1-7,9H,8,10-11H2,(H,18,20). The van der Waals surface area contributed by atoms with Gasteiger partial charge in [0, 0.05) is 12.6 Å². The van der Waals surface area contributed by atoms with Crippen LogP contribution in [0.5, 0.6) is 0 Å². The number of nitrogens with zero attached hydrogens (tertiary/aromatic N) is 2. The van der Waals surface area contributed by atoms with Gasteiger partial charge in [-0.05, 0) is 24.3 Å². The monoisotopic (exact) mass is 345 g/mol. The first-order valence-electron chi connectivity index (χ1n) is 7.29. The van der Waals surface area contributed by atoms with Gasteiger partial charge in [0.05, 0.1) is 17.2 Å². The summed E-state index contributed by atoms with van der Waals surface area (Å²) in [4.78, 5) is 20.2. The lowest BCUT2D eigenvalue weighted by Crippen LogP contribution is -2.25. The quantitative estimate of drug-likeness (QED) is 0.729. The van der Waals surface area contributed by atoms with E-state index in [2.05, 4.69) is 15.3 Å². The fourth-order valence-corrected chi connectivity index (χ4v) is 3.39. The van der Waals surface area contributed by atoms with Crippen molar-refractivity contribution in [2.75, 3.05) is 5.75 Å². The molecule has 7 nitrogen and oxygen atoms in total. The molecule has 1 N–H and O–H groups in total. The lowest BCUT2D eigenvalue weighted by Gasteiger charge is -2.05. The van der Waals surface area contributed by atoms with Crippen LogP contribution in [0.4, 0.5) is 0 Å². The van der Waals surface area contributed by atoms with E-state index in [1.807, 2.05) is 0 Å². The van der Waals surface area contributed by atoms with E-state index in [1.54, 1.807) is 36.5 Å². The second-order valence-electron chi connectivity index (χ2n) is 5.09. The lowest BCUT2D eigenvalue weighted by molar-refractivity contribution is -0.120. The number of aromatic nitrogens is 2. The molecular formula is C16H15N3O4S. The van der Waals surface area contributed by atoms with E-state index in [0.29, 0.717) is 17.1 Å². The van der Waals surface area contributed by atoms with E-state index < -0.39 is 9.84 Å². The number of amides is 1. The van der Waals surface area contributed by atoms with Gasteiger partial charge in [-0.3, -0.25) is 4.79 Å². The third-order valence-electron chi connectivity index (χ3n) is 3.35. The van der Waals surface area contributed by atoms with Crippen LogP contribution in [0.25, 0.3) is 11.2 Å². The summed E-state index contributed by atoms with van der Waals surface area (Å²) in [5.41, 5.74) is 1.00. The summed E-state index contributed by atoms with van der Waals surface area (Å²) in [6, 6.07) is 11.5. The van der Waals surface area contributed by atoms with Crippen LogP contribution in [0.15, 0.2) is 58.0 Å². The number of hydrogen-bond donors (Lipinski definition) is 1. The first kappa shape index (κ1) is 16.1. The Hall–Kier alpha value is -2.74. The Morgan fingerprint density at radius 2 is 1.92 bits per heavy atom. The molecule has 0 bridgehead atoms. The number of nitrogens with one attached hydrogen (secondary N) is 1. The highest BCUT2D eigenvalue weighted by Gasteiger charge is 2.16. The highest BCUT2D eigenvalue weighted by Crippen LogP contribution is 2.13. The van der Waals surface area contributed by atoms with Gasteiger partial charge in [0.25, 0.3) is 0 Å². The van der Waals surface area contributed by atoms with Crippen molar-refractivity contribution >= 4 is 27.0 Å². The Kier molecular flexibility index (Phi) is 4.57. The molecule has 8 heteroatoms. The maximum atomic E-state index is 12.1. The molecule has 2 aromatic heterocycles. The summed E-state index contributed by atoms with van der Waals surface area (Å²) in [6.45, 7) is 0.0839. The number of carbonyl (C=O) groups excluding carboxylic acids is 1. The second kappa shape index (κ2) is 6.79. The van der Waals surface area contributed by atoms with Gasteiger partial charge in [0.15, 0.2) is 21.1 Å². The predicted octanol–water partition coefficient (Wildman–Crippen LogP) is 1.70. The number of sulfone groups is 1. The van der Waals surface area contributed by atoms with Crippen molar-refractivity contribution in [2.45, 2.75) is 17.9 Å². The Bertz CT molecular complexity index is 919. The number of benzene rings is 1. The molecule has 0 aliphatic rings. The van der Waals surface area contributed by atoms with Gasteiger partial charge in [0.1, 0.15) is 0 Å². The van der Waals surface area contributed by atoms with E-state index in [1.165, 1.54) is 12.1 Å². The molecule has 0 saturated carbocycles. The van der Waals surface area contributed by atoms with Crippen molar-refractivity contribution in [2.24, 2.45) is 0 Å². The molecule has 1 aromatic carbocycles. The first-order chi connectivity index (χ1) is 11.5. The molecular weight excluding hydrogens is 330 g/mol. The van der Waals surface area contributed by atoms with Gasteiger partial charge in [-0.2, -0.15) is 4.98 Å². The summed E-state index contributed by atoms with van der Waals surface area (Å²) >= 11 is 0. The maximum absolute atomic E-state index is 12.1. The molecule has 0 fully saturated rings. The van der Waals surface area contributed by atoms with Crippen molar-refractivity contribution in [3.63, 3.8) is 0 Å². The number of rotatable bonds is 6. The zero-order valence-corrected chi connectivity index (χ0v) is 13.5. The molecule has 0 aliphatic heterocycles. The molecule has 2 heterocycles. The van der Waals surface area contributed by atoms with Crippen molar-refractivity contribution < 1.29 is 17.6 Å². The molecule has 124 valence electrons. The minimum Gasteiger partial charge on any atom is -0.437 e. The number of pyridine rings is 1. The van der Waals surface area contributed by atoms with Crippen LogP contribution in [0, 0.1) is 0 Å². The van der Waals surface area contributed by atoms with E-state index in [0.717, 1.165) is 0 Å². The maximum Gasteiger partial charge on any atom is 0.221 e. The largest absolute Gasteiger partial charge is 0.437 e. The van der Waals surface area contributed by atoms with Crippen LogP contribution in [-0.2, 0) is 21.2 Å². The molecule has 3 rings (SSSR count).